The average Bonchev–Trinajstić information content (AvgIpc) is 3.14. The molecule has 1 atom stereocenters. The fourth-order valence-corrected chi connectivity index (χ4v) is 4.22. The third-order valence-corrected chi connectivity index (χ3v) is 5.84. The number of allylic oxidation sites excluding steroid dienone is 1. The van der Waals surface area contributed by atoms with Crippen LogP contribution in [0.4, 0.5) is 0 Å². The smallest absolute Gasteiger partial charge is 0.250 e. The molecule has 30 heavy (non-hydrogen) atoms. The van der Waals surface area contributed by atoms with Crippen molar-refractivity contribution in [3.63, 3.8) is 0 Å². The SMILES string of the molecule is CC1=C(C(=O)N2CCOC(COc3ncnc4ccccc34)C2)Cc2ccccc21. The van der Waals surface area contributed by atoms with Crippen LogP contribution in [0, 0.1) is 0 Å². The van der Waals surface area contributed by atoms with Gasteiger partial charge >= 0.3 is 0 Å². The van der Waals surface area contributed by atoms with Gasteiger partial charge in [0.15, 0.2) is 0 Å². The molecule has 0 radical (unpaired) electrons. The lowest BCUT2D eigenvalue weighted by atomic mass is 10.1. The van der Waals surface area contributed by atoms with E-state index < -0.39 is 0 Å². The number of hydrogen-bond acceptors (Lipinski definition) is 5. The summed E-state index contributed by atoms with van der Waals surface area (Å²) in [6, 6.07) is 16.0. The summed E-state index contributed by atoms with van der Waals surface area (Å²) >= 11 is 0. The van der Waals surface area contributed by atoms with Crippen LogP contribution in [0.25, 0.3) is 16.5 Å². The predicted octanol–water partition coefficient (Wildman–Crippen LogP) is 3.27. The minimum absolute atomic E-state index is 0.101. The zero-order valence-corrected chi connectivity index (χ0v) is 16.9. The molecule has 2 aromatic carbocycles. The van der Waals surface area contributed by atoms with E-state index in [0.29, 0.717) is 38.6 Å². The van der Waals surface area contributed by atoms with E-state index in [4.69, 9.17) is 9.47 Å². The number of rotatable bonds is 4. The molecule has 0 saturated carbocycles. The van der Waals surface area contributed by atoms with Crippen molar-refractivity contribution in [2.75, 3.05) is 26.3 Å². The first-order chi connectivity index (χ1) is 14.7. The predicted molar refractivity (Wildman–Crippen MR) is 114 cm³/mol. The summed E-state index contributed by atoms with van der Waals surface area (Å²) in [4.78, 5) is 23.6. The highest BCUT2D eigenvalue weighted by molar-refractivity contribution is 6.03. The third-order valence-electron chi connectivity index (χ3n) is 5.84. The second-order valence-corrected chi connectivity index (χ2v) is 7.69. The van der Waals surface area contributed by atoms with Crippen molar-refractivity contribution >= 4 is 22.4 Å². The van der Waals surface area contributed by atoms with Crippen molar-refractivity contribution in [1.82, 2.24) is 14.9 Å². The summed E-state index contributed by atoms with van der Waals surface area (Å²) in [5, 5.41) is 0.869. The van der Waals surface area contributed by atoms with Gasteiger partial charge in [-0.05, 0) is 35.8 Å². The van der Waals surface area contributed by atoms with Gasteiger partial charge in [-0.25, -0.2) is 9.97 Å². The molecule has 1 saturated heterocycles. The molecule has 3 aromatic rings. The largest absolute Gasteiger partial charge is 0.474 e. The molecule has 1 unspecified atom stereocenters. The van der Waals surface area contributed by atoms with E-state index in [2.05, 4.69) is 22.1 Å². The monoisotopic (exact) mass is 401 g/mol. The van der Waals surface area contributed by atoms with Gasteiger partial charge in [-0.1, -0.05) is 36.4 Å². The van der Waals surface area contributed by atoms with Crippen molar-refractivity contribution in [3.05, 3.63) is 71.6 Å². The molecular formula is C24H23N3O3. The van der Waals surface area contributed by atoms with E-state index in [1.165, 1.54) is 17.5 Å². The number of para-hydroxylation sites is 1. The number of fused-ring (bicyclic) bond motifs is 2. The fourth-order valence-electron chi connectivity index (χ4n) is 4.22. The quantitative estimate of drug-likeness (QED) is 0.671. The van der Waals surface area contributed by atoms with Crippen LogP contribution in [-0.2, 0) is 16.0 Å². The molecule has 6 heteroatoms. The molecular weight excluding hydrogens is 378 g/mol. The Morgan fingerprint density at radius 3 is 2.90 bits per heavy atom. The van der Waals surface area contributed by atoms with Gasteiger partial charge in [-0.15, -0.1) is 0 Å². The first-order valence-corrected chi connectivity index (χ1v) is 10.2. The van der Waals surface area contributed by atoms with Crippen molar-refractivity contribution in [2.24, 2.45) is 0 Å². The molecule has 2 aliphatic rings. The molecule has 5 rings (SSSR count). The first kappa shape index (κ1) is 18.8. The molecule has 1 aromatic heterocycles. The van der Waals surface area contributed by atoms with Crippen LogP contribution in [0.15, 0.2) is 60.4 Å². The number of morpholine rings is 1. The maximum absolute atomic E-state index is 13.2. The van der Waals surface area contributed by atoms with Crippen molar-refractivity contribution in [2.45, 2.75) is 19.4 Å². The Morgan fingerprint density at radius 1 is 1.17 bits per heavy atom. The summed E-state index contributed by atoms with van der Waals surface area (Å²) < 4.78 is 11.8. The summed E-state index contributed by atoms with van der Waals surface area (Å²) in [6.07, 6.45) is 2.01. The number of benzene rings is 2. The number of hydrogen-bond donors (Lipinski definition) is 0. The normalized spacial score (nSPS) is 18.6. The molecule has 0 bridgehead atoms. The van der Waals surface area contributed by atoms with Crippen LogP contribution in [-0.4, -0.2) is 53.2 Å². The first-order valence-electron chi connectivity index (χ1n) is 10.2. The highest BCUT2D eigenvalue weighted by Crippen LogP contribution is 2.33. The summed E-state index contributed by atoms with van der Waals surface area (Å²) in [7, 11) is 0. The molecule has 6 nitrogen and oxygen atoms in total. The highest BCUT2D eigenvalue weighted by Gasteiger charge is 2.30. The van der Waals surface area contributed by atoms with Crippen LogP contribution < -0.4 is 4.74 Å². The molecule has 1 aliphatic heterocycles. The van der Waals surface area contributed by atoms with E-state index >= 15 is 0 Å². The van der Waals surface area contributed by atoms with Crippen molar-refractivity contribution < 1.29 is 14.3 Å². The maximum Gasteiger partial charge on any atom is 0.250 e. The minimum Gasteiger partial charge on any atom is -0.474 e. The van der Waals surface area contributed by atoms with Crippen molar-refractivity contribution in [3.8, 4) is 5.88 Å². The fraction of sp³-hybridized carbons (Fsp3) is 0.292. The Morgan fingerprint density at radius 2 is 2.00 bits per heavy atom. The Labute approximate surface area is 175 Å². The van der Waals surface area contributed by atoms with Crippen LogP contribution in [0.1, 0.15) is 18.1 Å². The van der Waals surface area contributed by atoms with Gasteiger partial charge in [0, 0.05) is 18.5 Å². The van der Waals surface area contributed by atoms with Gasteiger partial charge in [-0.3, -0.25) is 4.79 Å². The van der Waals surface area contributed by atoms with E-state index in [9.17, 15) is 4.79 Å². The van der Waals surface area contributed by atoms with E-state index in [1.807, 2.05) is 48.2 Å². The van der Waals surface area contributed by atoms with Gasteiger partial charge < -0.3 is 14.4 Å². The van der Waals surface area contributed by atoms with Gasteiger partial charge in [-0.2, -0.15) is 0 Å². The second kappa shape index (κ2) is 7.88. The van der Waals surface area contributed by atoms with Crippen LogP contribution in [0.2, 0.25) is 0 Å². The summed E-state index contributed by atoms with van der Waals surface area (Å²) in [6.45, 7) is 3.99. The molecule has 0 spiro atoms. The molecule has 2 heterocycles. The molecule has 0 N–H and O–H groups in total. The lowest BCUT2D eigenvalue weighted by molar-refractivity contribution is -0.135. The van der Waals surface area contributed by atoms with E-state index in [0.717, 1.165) is 22.0 Å². The van der Waals surface area contributed by atoms with Crippen molar-refractivity contribution in [1.29, 1.82) is 0 Å². The summed E-state index contributed by atoms with van der Waals surface area (Å²) in [5.74, 6) is 0.641. The van der Waals surface area contributed by atoms with Crippen LogP contribution in [0.3, 0.4) is 0 Å². The van der Waals surface area contributed by atoms with Gasteiger partial charge in [0.2, 0.25) is 5.88 Å². The highest BCUT2D eigenvalue weighted by atomic mass is 16.5. The second-order valence-electron chi connectivity index (χ2n) is 7.69. The lowest BCUT2D eigenvalue weighted by Gasteiger charge is -2.33. The van der Waals surface area contributed by atoms with Gasteiger partial charge in [0.25, 0.3) is 5.91 Å². The standard InChI is InChI=1S/C24H23N3O3/c1-16-19-7-3-2-6-17(19)12-21(16)24(28)27-10-11-29-18(13-27)14-30-23-20-8-4-5-9-22(20)25-15-26-23/h2-9,15,18H,10-14H2,1H3. The number of aromatic nitrogens is 2. The number of amides is 1. The van der Waals surface area contributed by atoms with Crippen LogP contribution >= 0.6 is 0 Å². The maximum atomic E-state index is 13.2. The Kier molecular flexibility index (Phi) is 4.93. The molecule has 1 fully saturated rings. The zero-order valence-electron chi connectivity index (χ0n) is 16.9. The number of carbonyl (C=O) groups excluding carboxylic acids is 1. The lowest BCUT2D eigenvalue weighted by Crippen LogP contribution is -2.48. The minimum atomic E-state index is -0.193. The Balaban J connectivity index is 1.26. The average molecular weight is 401 g/mol. The zero-order chi connectivity index (χ0) is 20.5. The number of ether oxygens (including phenoxy) is 2. The Hall–Kier alpha value is -3.25. The van der Waals surface area contributed by atoms with E-state index in [-0.39, 0.29) is 12.0 Å². The van der Waals surface area contributed by atoms with Gasteiger partial charge in [0.1, 0.15) is 19.0 Å². The molecule has 152 valence electrons. The third kappa shape index (κ3) is 3.44. The number of carbonyl (C=O) groups is 1. The van der Waals surface area contributed by atoms with Gasteiger partial charge in [0.05, 0.1) is 24.1 Å². The summed E-state index contributed by atoms with van der Waals surface area (Å²) in [5.41, 5.74) is 5.22. The molecule has 1 aliphatic carbocycles. The Bertz CT molecular complexity index is 1140. The number of nitrogens with zero attached hydrogens (tertiary/aromatic N) is 3. The topological polar surface area (TPSA) is 64.6 Å². The van der Waals surface area contributed by atoms with E-state index in [1.54, 1.807) is 0 Å². The molecule has 1 amide bonds. The van der Waals surface area contributed by atoms with Crippen LogP contribution in [0.5, 0.6) is 5.88 Å².